The van der Waals surface area contributed by atoms with Crippen molar-refractivity contribution < 1.29 is 4.79 Å². The van der Waals surface area contributed by atoms with E-state index in [4.69, 9.17) is 0 Å². The van der Waals surface area contributed by atoms with Crippen molar-refractivity contribution in [2.24, 2.45) is 0 Å². The number of pyridine rings is 1. The smallest absolute Gasteiger partial charge is 0.244 e. The molecule has 3 rings (SSSR count). The lowest BCUT2D eigenvalue weighted by molar-refractivity contribution is -0.116. The molecule has 0 bridgehead atoms. The van der Waals surface area contributed by atoms with Gasteiger partial charge < -0.3 is 9.88 Å². The lowest BCUT2D eigenvalue weighted by Gasteiger charge is -2.13. The van der Waals surface area contributed by atoms with Gasteiger partial charge in [0.25, 0.3) is 0 Å². The Kier molecular flexibility index (Phi) is 4.05. The van der Waals surface area contributed by atoms with Gasteiger partial charge in [-0.2, -0.15) is 5.26 Å². The van der Waals surface area contributed by atoms with E-state index in [-0.39, 0.29) is 17.9 Å². The average Bonchev–Trinajstić information content (AvgIpc) is 3.03. The van der Waals surface area contributed by atoms with Crippen LogP contribution in [0, 0.1) is 25.2 Å². The summed E-state index contributed by atoms with van der Waals surface area (Å²) in [5.74, 6) is -0.184. The van der Waals surface area contributed by atoms with Gasteiger partial charge >= 0.3 is 0 Å². The second kappa shape index (κ2) is 6.01. The Morgan fingerprint density at radius 2 is 2.04 bits per heavy atom. The summed E-state index contributed by atoms with van der Waals surface area (Å²) in [5.41, 5.74) is 3.16. The zero-order valence-electron chi connectivity index (χ0n) is 13.1. The average molecular weight is 327 g/mol. The number of aromatic nitrogens is 1. The van der Waals surface area contributed by atoms with E-state index in [0.29, 0.717) is 10.6 Å². The van der Waals surface area contributed by atoms with Crippen LogP contribution in [0.4, 0.5) is 5.00 Å². The van der Waals surface area contributed by atoms with Crippen LogP contribution in [0.3, 0.4) is 0 Å². The molecule has 0 spiro atoms. The Bertz CT molecular complexity index is 860. The number of anilines is 1. The van der Waals surface area contributed by atoms with Gasteiger partial charge in [-0.25, -0.2) is 0 Å². The van der Waals surface area contributed by atoms with Gasteiger partial charge in [-0.15, -0.1) is 11.3 Å². The second-order valence-electron chi connectivity index (χ2n) is 5.78. The molecule has 0 radical (unpaired) electrons. The largest absolute Gasteiger partial charge is 0.340 e. The molecule has 1 aliphatic carbocycles. The molecule has 6 heteroatoms. The first-order valence-electron chi connectivity index (χ1n) is 7.52. The maximum atomic E-state index is 12.4. The standard InChI is InChI=1S/C17H17N3O2S/c1-10-6-12(21)7-11(2)20(10)9-16(22)19-17-14(8-18)13-4-3-5-15(13)23-17/h6-7H,3-5,9H2,1-2H3,(H,19,22). The Morgan fingerprint density at radius 1 is 1.35 bits per heavy atom. The number of nitrogens with zero attached hydrogens (tertiary/aromatic N) is 2. The molecule has 0 atom stereocenters. The highest BCUT2D eigenvalue weighted by molar-refractivity contribution is 7.16. The fourth-order valence-corrected chi connectivity index (χ4v) is 4.31. The molecule has 2 aromatic rings. The SMILES string of the molecule is Cc1cc(=O)cc(C)n1CC(=O)Nc1sc2c(c1C#N)CCC2. The van der Waals surface area contributed by atoms with Gasteiger partial charge in [0.05, 0.1) is 5.56 Å². The molecule has 5 nitrogen and oxygen atoms in total. The highest BCUT2D eigenvalue weighted by Gasteiger charge is 2.23. The van der Waals surface area contributed by atoms with Crippen LogP contribution in [-0.2, 0) is 24.2 Å². The summed E-state index contributed by atoms with van der Waals surface area (Å²) in [6.45, 7) is 3.75. The predicted octanol–water partition coefficient (Wildman–Crippen LogP) is 2.53. The van der Waals surface area contributed by atoms with Crippen molar-refractivity contribution in [3.05, 3.63) is 49.7 Å². The molecule has 1 amide bonds. The summed E-state index contributed by atoms with van der Waals surface area (Å²) < 4.78 is 1.80. The van der Waals surface area contributed by atoms with E-state index in [0.717, 1.165) is 36.2 Å². The number of nitrogens with one attached hydrogen (secondary N) is 1. The number of fused-ring (bicyclic) bond motifs is 1. The lowest BCUT2D eigenvalue weighted by Crippen LogP contribution is -2.23. The quantitative estimate of drug-likeness (QED) is 0.941. The molecule has 1 aliphatic rings. The van der Waals surface area contributed by atoms with Crippen molar-refractivity contribution in [1.29, 1.82) is 5.26 Å². The number of amides is 1. The van der Waals surface area contributed by atoms with Crippen molar-refractivity contribution in [3.8, 4) is 6.07 Å². The third kappa shape index (κ3) is 2.92. The molecule has 1 N–H and O–H groups in total. The molecule has 2 aromatic heterocycles. The van der Waals surface area contributed by atoms with Gasteiger partial charge in [0.2, 0.25) is 5.91 Å². The van der Waals surface area contributed by atoms with Gasteiger partial charge in [-0.3, -0.25) is 9.59 Å². The molecule has 23 heavy (non-hydrogen) atoms. The fraction of sp³-hybridized carbons (Fsp3) is 0.353. The number of nitriles is 1. The molecule has 118 valence electrons. The number of rotatable bonds is 3. The number of carbonyl (C=O) groups is 1. The number of carbonyl (C=O) groups excluding carboxylic acids is 1. The molecule has 0 aliphatic heterocycles. The number of aryl methyl sites for hydroxylation is 3. The highest BCUT2D eigenvalue weighted by Crippen LogP contribution is 2.38. The zero-order valence-corrected chi connectivity index (χ0v) is 13.9. The maximum absolute atomic E-state index is 12.4. The van der Waals surface area contributed by atoms with Gasteiger partial charge in [-0.1, -0.05) is 0 Å². The van der Waals surface area contributed by atoms with E-state index in [1.807, 2.05) is 13.8 Å². The number of hydrogen-bond acceptors (Lipinski definition) is 4. The van der Waals surface area contributed by atoms with Crippen molar-refractivity contribution in [2.75, 3.05) is 5.32 Å². The normalized spacial score (nSPS) is 12.7. The Labute approximate surface area is 138 Å². The van der Waals surface area contributed by atoms with Crippen LogP contribution in [0.1, 0.15) is 33.8 Å². The van der Waals surface area contributed by atoms with Gasteiger partial charge in [0.1, 0.15) is 17.6 Å². The van der Waals surface area contributed by atoms with E-state index in [1.165, 1.54) is 28.3 Å². The van der Waals surface area contributed by atoms with E-state index in [2.05, 4.69) is 11.4 Å². The molecule has 0 fully saturated rings. The molecular formula is C17H17N3O2S. The topological polar surface area (TPSA) is 74.9 Å². The van der Waals surface area contributed by atoms with E-state index < -0.39 is 0 Å². The molecule has 0 saturated heterocycles. The lowest BCUT2D eigenvalue weighted by atomic mass is 10.1. The van der Waals surface area contributed by atoms with Crippen molar-refractivity contribution in [1.82, 2.24) is 4.57 Å². The van der Waals surface area contributed by atoms with Crippen molar-refractivity contribution in [2.45, 2.75) is 39.7 Å². The van der Waals surface area contributed by atoms with Crippen LogP contribution in [-0.4, -0.2) is 10.5 Å². The first kappa shape index (κ1) is 15.5. The van der Waals surface area contributed by atoms with E-state index in [9.17, 15) is 14.9 Å². The molecule has 2 heterocycles. The van der Waals surface area contributed by atoms with Gasteiger partial charge in [-0.05, 0) is 38.7 Å². The van der Waals surface area contributed by atoms with Crippen LogP contribution in [0.5, 0.6) is 0 Å². The molecule has 0 unspecified atom stereocenters. The minimum atomic E-state index is -0.184. The monoisotopic (exact) mass is 327 g/mol. The minimum absolute atomic E-state index is 0.0573. The summed E-state index contributed by atoms with van der Waals surface area (Å²) in [6.07, 6.45) is 2.99. The summed E-state index contributed by atoms with van der Waals surface area (Å²) in [6, 6.07) is 5.25. The third-order valence-corrected chi connectivity index (χ3v) is 5.35. The van der Waals surface area contributed by atoms with E-state index in [1.54, 1.807) is 4.57 Å². The third-order valence-electron chi connectivity index (χ3n) is 4.14. The molecule has 0 saturated carbocycles. The second-order valence-corrected chi connectivity index (χ2v) is 6.89. The van der Waals surface area contributed by atoms with Gasteiger partial charge in [0.15, 0.2) is 5.43 Å². The van der Waals surface area contributed by atoms with Crippen molar-refractivity contribution >= 4 is 22.2 Å². The zero-order chi connectivity index (χ0) is 16.6. The Morgan fingerprint density at radius 3 is 2.70 bits per heavy atom. The van der Waals surface area contributed by atoms with Crippen LogP contribution in [0.2, 0.25) is 0 Å². The molecular weight excluding hydrogens is 310 g/mol. The summed E-state index contributed by atoms with van der Waals surface area (Å²) >= 11 is 1.51. The first-order chi connectivity index (χ1) is 11.0. The Hall–Kier alpha value is -2.39. The first-order valence-corrected chi connectivity index (χ1v) is 8.34. The van der Waals surface area contributed by atoms with Gasteiger partial charge in [0, 0.05) is 28.4 Å². The summed E-state index contributed by atoms with van der Waals surface area (Å²) in [5, 5.41) is 12.9. The highest BCUT2D eigenvalue weighted by atomic mass is 32.1. The summed E-state index contributed by atoms with van der Waals surface area (Å²) in [7, 11) is 0. The van der Waals surface area contributed by atoms with Crippen LogP contribution in [0.15, 0.2) is 16.9 Å². The van der Waals surface area contributed by atoms with Crippen molar-refractivity contribution in [3.63, 3.8) is 0 Å². The number of hydrogen-bond donors (Lipinski definition) is 1. The minimum Gasteiger partial charge on any atom is -0.340 e. The fourth-order valence-electron chi connectivity index (χ4n) is 3.06. The van der Waals surface area contributed by atoms with Crippen LogP contribution < -0.4 is 10.7 Å². The van der Waals surface area contributed by atoms with E-state index >= 15 is 0 Å². The van der Waals surface area contributed by atoms with Crippen LogP contribution in [0.25, 0.3) is 0 Å². The predicted molar refractivity (Wildman–Crippen MR) is 89.9 cm³/mol. The van der Waals surface area contributed by atoms with Crippen LogP contribution >= 0.6 is 11.3 Å². The summed E-state index contributed by atoms with van der Waals surface area (Å²) in [4.78, 5) is 25.0. The molecule has 0 aromatic carbocycles. The Balaban J connectivity index is 1.82. The maximum Gasteiger partial charge on any atom is 0.244 e. The number of thiophene rings is 1.